The molecule has 2 heterocycles. The lowest BCUT2D eigenvalue weighted by Crippen LogP contribution is -2.31. The van der Waals surface area contributed by atoms with Crippen LogP contribution in [0.2, 0.25) is 0 Å². The fourth-order valence-corrected chi connectivity index (χ4v) is 2.03. The van der Waals surface area contributed by atoms with Crippen LogP contribution < -0.4 is 5.32 Å². The Morgan fingerprint density at radius 3 is 2.89 bits per heavy atom. The van der Waals surface area contributed by atoms with Crippen molar-refractivity contribution in [1.82, 2.24) is 15.5 Å². The highest BCUT2D eigenvalue weighted by Gasteiger charge is 2.15. The molecule has 1 atom stereocenters. The molecule has 1 N–H and O–H groups in total. The van der Waals surface area contributed by atoms with Gasteiger partial charge < -0.3 is 14.3 Å². The van der Waals surface area contributed by atoms with Gasteiger partial charge in [0.25, 0.3) is 0 Å². The molecule has 104 valence electrons. The molecule has 0 bridgehead atoms. The Hall–Kier alpha value is -1.62. The number of hydrogen-bond acceptors (Lipinski definition) is 5. The van der Waals surface area contributed by atoms with Crippen molar-refractivity contribution in [2.24, 2.45) is 0 Å². The third kappa shape index (κ3) is 3.92. The van der Waals surface area contributed by atoms with Crippen molar-refractivity contribution in [3.8, 4) is 11.6 Å². The lowest BCUT2D eigenvalue weighted by Gasteiger charge is -2.15. The second-order valence-electron chi connectivity index (χ2n) is 4.63. The topological polar surface area (TPSA) is 64.1 Å². The van der Waals surface area contributed by atoms with E-state index in [0.29, 0.717) is 23.5 Å². The first-order chi connectivity index (χ1) is 9.33. The highest BCUT2D eigenvalue weighted by atomic mass is 16.5. The second kappa shape index (κ2) is 7.09. The maximum atomic E-state index is 5.28. The predicted molar refractivity (Wildman–Crippen MR) is 72.7 cm³/mol. The molecule has 0 radical (unpaired) electrons. The molecule has 5 heteroatoms. The molecular weight excluding hydrogens is 242 g/mol. The molecule has 0 saturated carbocycles. The Kier molecular flexibility index (Phi) is 5.15. The summed E-state index contributed by atoms with van der Waals surface area (Å²) in [6.45, 7) is 5.37. The van der Waals surface area contributed by atoms with Crippen LogP contribution in [-0.2, 0) is 6.42 Å². The van der Waals surface area contributed by atoms with Crippen molar-refractivity contribution < 1.29 is 8.94 Å². The summed E-state index contributed by atoms with van der Waals surface area (Å²) < 4.78 is 10.5. The van der Waals surface area contributed by atoms with Crippen molar-refractivity contribution in [2.75, 3.05) is 6.54 Å². The number of hydrogen-bond donors (Lipinski definition) is 1. The zero-order valence-corrected chi connectivity index (χ0v) is 11.6. The number of furan rings is 1. The number of rotatable bonds is 8. The maximum Gasteiger partial charge on any atom is 0.238 e. The van der Waals surface area contributed by atoms with Crippen molar-refractivity contribution in [2.45, 2.75) is 45.6 Å². The van der Waals surface area contributed by atoms with E-state index in [1.54, 1.807) is 6.26 Å². The molecule has 0 amide bonds. The van der Waals surface area contributed by atoms with E-state index in [1.165, 1.54) is 0 Å². The van der Waals surface area contributed by atoms with Crippen LogP contribution in [0.1, 0.15) is 39.0 Å². The van der Waals surface area contributed by atoms with Crippen LogP contribution in [0.4, 0.5) is 0 Å². The summed E-state index contributed by atoms with van der Waals surface area (Å²) in [6.07, 6.45) is 5.75. The van der Waals surface area contributed by atoms with Gasteiger partial charge in [0.1, 0.15) is 0 Å². The standard InChI is InChI=1S/C14H21N3O2/c1-3-6-11(15-8-4-2)10-13-16-14(17-19-13)12-7-5-9-18-12/h5,7,9,11,15H,3-4,6,8,10H2,1-2H3. The molecule has 0 aromatic carbocycles. The van der Waals surface area contributed by atoms with Crippen LogP contribution >= 0.6 is 0 Å². The van der Waals surface area contributed by atoms with E-state index in [4.69, 9.17) is 8.94 Å². The van der Waals surface area contributed by atoms with Crippen LogP contribution in [-0.4, -0.2) is 22.7 Å². The summed E-state index contributed by atoms with van der Waals surface area (Å²) in [5.41, 5.74) is 0. The van der Waals surface area contributed by atoms with E-state index in [0.717, 1.165) is 32.2 Å². The van der Waals surface area contributed by atoms with Gasteiger partial charge in [-0.3, -0.25) is 0 Å². The molecule has 2 aromatic rings. The first-order valence-electron chi connectivity index (χ1n) is 6.93. The normalized spacial score (nSPS) is 12.7. The molecule has 19 heavy (non-hydrogen) atoms. The highest BCUT2D eigenvalue weighted by Crippen LogP contribution is 2.16. The fraction of sp³-hybridized carbons (Fsp3) is 0.571. The zero-order chi connectivity index (χ0) is 13.5. The average molecular weight is 263 g/mol. The summed E-state index contributed by atoms with van der Waals surface area (Å²) in [4.78, 5) is 4.37. The third-order valence-corrected chi connectivity index (χ3v) is 2.95. The molecule has 0 aliphatic heterocycles. The molecule has 0 fully saturated rings. The van der Waals surface area contributed by atoms with Crippen molar-refractivity contribution in [3.63, 3.8) is 0 Å². The summed E-state index contributed by atoms with van der Waals surface area (Å²) in [5.74, 6) is 1.82. The summed E-state index contributed by atoms with van der Waals surface area (Å²) in [5, 5.41) is 7.46. The minimum absolute atomic E-state index is 0.398. The van der Waals surface area contributed by atoms with Crippen LogP contribution in [0, 0.1) is 0 Å². The number of nitrogens with one attached hydrogen (secondary N) is 1. The quantitative estimate of drug-likeness (QED) is 0.793. The Morgan fingerprint density at radius 1 is 1.32 bits per heavy atom. The van der Waals surface area contributed by atoms with Gasteiger partial charge in [0, 0.05) is 12.5 Å². The lowest BCUT2D eigenvalue weighted by molar-refractivity contribution is 0.350. The Bertz CT molecular complexity index is 465. The van der Waals surface area contributed by atoms with Gasteiger partial charge in [-0.05, 0) is 31.5 Å². The van der Waals surface area contributed by atoms with E-state index < -0.39 is 0 Å². The summed E-state index contributed by atoms with van der Waals surface area (Å²) in [6, 6.07) is 4.04. The smallest absolute Gasteiger partial charge is 0.238 e. The minimum Gasteiger partial charge on any atom is -0.461 e. The highest BCUT2D eigenvalue weighted by molar-refractivity contribution is 5.44. The summed E-state index contributed by atoms with van der Waals surface area (Å²) >= 11 is 0. The SMILES string of the molecule is CCCNC(CCC)Cc1nc(-c2ccco2)no1. The van der Waals surface area contributed by atoms with Crippen LogP contribution in [0.25, 0.3) is 11.6 Å². The maximum absolute atomic E-state index is 5.28. The first-order valence-corrected chi connectivity index (χ1v) is 6.93. The Morgan fingerprint density at radius 2 is 2.21 bits per heavy atom. The van der Waals surface area contributed by atoms with Crippen molar-refractivity contribution >= 4 is 0 Å². The van der Waals surface area contributed by atoms with Crippen LogP contribution in [0.3, 0.4) is 0 Å². The lowest BCUT2D eigenvalue weighted by atomic mass is 10.1. The van der Waals surface area contributed by atoms with Gasteiger partial charge in [0.05, 0.1) is 6.26 Å². The molecule has 0 saturated heterocycles. The van der Waals surface area contributed by atoms with E-state index in [9.17, 15) is 0 Å². The van der Waals surface area contributed by atoms with Gasteiger partial charge in [0.15, 0.2) is 5.76 Å². The molecule has 0 aliphatic carbocycles. The van der Waals surface area contributed by atoms with Crippen LogP contribution in [0.15, 0.2) is 27.3 Å². The zero-order valence-electron chi connectivity index (χ0n) is 11.6. The molecular formula is C14H21N3O2. The van der Waals surface area contributed by atoms with Gasteiger partial charge >= 0.3 is 0 Å². The second-order valence-corrected chi connectivity index (χ2v) is 4.63. The third-order valence-electron chi connectivity index (χ3n) is 2.95. The molecule has 5 nitrogen and oxygen atoms in total. The largest absolute Gasteiger partial charge is 0.461 e. The molecule has 2 rings (SSSR count). The van der Waals surface area contributed by atoms with Gasteiger partial charge in [-0.15, -0.1) is 0 Å². The average Bonchev–Trinajstić information content (AvgIpc) is 3.06. The molecule has 0 aliphatic rings. The van der Waals surface area contributed by atoms with Gasteiger partial charge in [-0.25, -0.2) is 0 Å². The van der Waals surface area contributed by atoms with E-state index >= 15 is 0 Å². The van der Waals surface area contributed by atoms with E-state index in [-0.39, 0.29) is 0 Å². The van der Waals surface area contributed by atoms with Gasteiger partial charge in [-0.2, -0.15) is 4.98 Å². The summed E-state index contributed by atoms with van der Waals surface area (Å²) in [7, 11) is 0. The Labute approximate surface area is 113 Å². The van der Waals surface area contributed by atoms with E-state index in [1.807, 2.05) is 12.1 Å². The number of aromatic nitrogens is 2. The molecule has 2 aromatic heterocycles. The van der Waals surface area contributed by atoms with Crippen LogP contribution in [0.5, 0.6) is 0 Å². The predicted octanol–water partition coefficient (Wildman–Crippen LogP) is 3.04. The van der Waals surface area contributed by atoms with Crippen molar-refractivity contribution in [1.29, 1.82) is 0 Å². The monoisotopic (exact) mass is 263 g/mol. The molecule has 1 unspecified atom stereocenters. The van der Waals surface area contributed by atoms with Crippen molar-refractivity contribution in [3.05, 3.63) is 24.3 Å². The van der Waals surface area contributed by atoms with Gasteiger partial charge in [-0.1, -0.05) is 25.4 Å². The Balaban J connectivity index is 1.97. The fourth-order valence-electron chi connectivity index (χ4n) is 2.03. The van der Waals surface area contributed by atoms with Gasteiger partial charge in [0.2, 0.25) is 11.7 Å². The van der Waals surface area contributed by atoms with E-state index in [2.05, 4.69) is 29.3 Å². The first kappa shape index (κ1) is 13.8. The molecule has 0 spiro atoms. The number of nitrogens with zero attached hydrogens (tertiary/aromatic N) is 2. The minimum atomic E-state index is 0.398.